The minimum absolute atomic E-state index is 0.224. The topological polar surface area (TPSA) is 55.6 Å². The molecule has 0 fully saturated rings. The summed E-state index contributed by atoms with van der Waals surface area (Å²) >= 11 is 1.75. The number of ether oxygens (including phenoxy) is 1. The van der Waals surface area contributed by atoms with Crippen LogP contribution in [0.5, 0.6) is 0 Å². The number of rotatable bonds is 1. The molecule has 106 valence electrons. The summed E-state index contributed by atoms with van der Waals surface area (Å²) in [6.45, 7) is 9.72. The van der Waals surface area contributed by atoms with Crippen LogP contribution in [0.2, 0.25) is 0 Å². The highest BCUT2D eigenvalue weighted by Gasteiger charge is 2.28. The molecule has 0 spiro atoms. The number of nitrogens with two attached hydrogens (primary N) is 1. The van der Waals surface area contributed by atoms with E-state index in [4.69, 9.17) is 10.5 Å². The molecule has 1 aromatic heterocycles. The molecule has 0 saturated carbocycles. The summed E-state index contributed by atoms with van der Waals surface area (Å²) in [6, 6.07) is 0. The number of nitrogens with zero attached hydrogens (tertiary/aromatic N) is 1. The van der Waals surface area contributed by atoms with Gasteiger partial charge in [0.05, 0.1) is 6.54 Å². The van der Waals surface area contributed by atoms with E-state index in [9.17, 15) is 4.79 Å². The van der Waals surface area contributed by atoms with Gasteiger partial charge in [0.1, 0.15) is 5.60 Å². The van der Waals surface area contributed by atoms with Gasteiger partial charge in [0, 0.05) is 22.8 Å². The largest absolute Gasteiger partial charge is 0.444 e. The van der Waals surface area contributed by atoms with Crippen LogP contribution >= 0.6 is 11.3 Å². The van der Waals surface area contributed by atoms with E-state index >= 15 is 0 Å². The third-order valence-corrected chi connectivity index (χ3v) is 4.40. The van der Waals surface area contributed by atoms with Crippen LogP contribution in [0.15, 0.2) is 0 Å². The Morgan fingerprint density at radius 2 is 2.16 bits per heavy atom. The van der Waals surface area contributed by atoms with Gasteiger partial charge in [0.2, 0.25) is 0 Å². The van der Waals surface area contributed by atoms with Crippen molar-refractivity contribution in [2.24, 2.45) is 5.73 Å². The Labute approximate surface area is 118 Å². The van der Waals surface area contributed by atoms with Gasteiger partial charge in [-0.1, -0.05) is 0 Å². The molecular formula is C14H22N2O2S. The first kappa shape index (κ1) is 14.3. The van der Waals surface area contributed by atoms with Crippen molar-refractivity contribution in [3.05, 3.63) is 20.9 Å². The SMILES string of the molecule is Cc1sc2c(c1CN)CCN(C(=O)OC(C)(C)C)C2. The maximum atomic E-state index is 12.1. The summed E-state index contributed by atoms with van der Waals surface area (Å²) in [5.41, 5.74) is 7.98. The second-order valence-corrected chi connectivity index (χ2v) is 7.20. The number of amides is 1. The minimum atomic E-state index is -0.439. The Hall–Kier alpha value is -1.07. The smallest absolute Gasteiger partial charge is 0.410 e. The average molecular weight is 282 g/mol. The van der Waals surface area contributed by atoms with Crippen molar-refractivity contribution in [3.63, 3.8) is 0 Å². The highest BCUT2D eigenvalue weighted by Crippen LogP contribution is 2.32. The standard InChI is InChI=1S/C14H22N2O2S/c1-9-11(7-15)10-5-6-16(8-12(10)19-9)13(17)18-14(2,3)4/h5-8,15H2,1-4H3. The first-order valence-electron chi connectivity index (χ1n) is 6.60. The molecule has 2 rings (SSSR count). The van der Waals surface area contributed by atoms with Crippen molar-refractivity contribution in [2.45, 2.75) is 52.8 Å². The van der Waals surface area contributed by atoms with Crippen molar-refractivity contribution < 1.29 is 9.53 Å². The molecule has 1 amide bonds. The molecule has 1 aliphatic heterocycles. The fourth-order valence-electron chi connectivity index (χ4n) is 2.36. The third kappa shape index (κ3) is 3.09. The van der Waals surface area contributed by atoms with E-state index in [1.807, 2.05) is 20.8 Å². The Bertz CT molecular complexity index is 488. The van der Waals surface area contributed by atoms with Crippen LogP contribution in [0.25, 0.3) is 0 Å². The summed E-state index contributed by atoms with van der Waals surface area (Å²) in [6.07, 6.45) is 0.657. The van der Waals surface area contributed by atoms with Gasteiger partial charge < -0.3 is 15.4 Å². The molecule has 1 aromatic rings. The van der Waals surface area contributed by atoms with E-state index in [0.717, 1.165) is 6.42 Å². The van der Waals surface area contributed by atoms with Gasteiger partial charge in [-0.15, -0.1) is 11.3 Å². The maximum absolute atomic E-state index is 12.1. The molecule has 0 saturated heterocycles. The molecule has 4 nitrogen and oxygen atoms in total. The van der Waals surface area contributed by atoms with Crippen LogP contribution in [0.3, 0.4) is 0 Å². The van der Waals surface area contributed by atoms with Gasteiger partial charge in [-0.3, -0.25) is 0 Å². The van der Waals surface area contributed by atoms with Crippen molar-refractivity contribution >= 4 is 17.4 Å². The molecule has 0 unspecified atom stereocenters. The second-order valence-electron chi connectivity index (χ2n) is 5.89. The molecule has 5 heteroatoms. The van der Waals surface area contributed by atoms with Crippen LogP contribution < -0.4 is 5.73 Å². The fraction of sp³-hybridized carbons (Fsp3) is 0.643. The number of hydrogen-bond donors (Lipinski definition) is 1. The monoisotopic (exact) mass is 282 g/mol. The highest BCUT2D eigenvalue weighted by molar-refractivity contribution is 7.12. The Kier molecular flexibility index (Phi) is 3.87. The zero-order chi connectivity index (χ0) is 14.2. The molecule has 2 N–H and O–H groups in total. The number of aryl methyl sites for hydroxylation is 1. The Morgan fingerprint density at radius 1 is 1.47 bits per heavy atom. The summed E-state index contributed by atoms with van der Waals surface area (Å²) in [5, 5.41) is 0. The van der Waals surface area contributed by atoms with Crippen molar-refractivity contribution in [1.29, 1.82) is 0 Å². The van der Waals surface area contributed by atoms with E-state index in [0.29, 0.717) is 19.6 Å². The van der Waals surface area contributed by atoms with Gasteiger partial charge >= 0.3 is 6.09 Å². The fourth-order valence-corrected chi connectivity index (χ4v) is 3.62. The third-order valence-electron chi connectivity index (χ3n) is 3.22. The van der Waals surface area contributed by atoms with Crippen LogP contribution in [0.4, 0.5) is 4.79 Å². The first-order chi connectivity index (χ1) is 8.81. The highest BCUT2D eigenvalue weighted by atomic mass is 32.1. The van der Waals surface area contributed by atoms with Crippen LogP contribution in [0.1, 0.15) is 41.7 Å². The lowest BCUT2D eigenvalue weighted by Crippen LogP contribution is -2.39. The molecule has 1 aliphatic rings. The van der Waals surface area contributed by atoms with Crippen LogP contribution in [-0.2, 0) is 24.2 Å². The second kappa shape index (κ2) is 5.13. The molecule has 0 atom stereocenters. The van der Waals surface area contributed by atoms with E-state index in [1.54, 1.807) is 16.2 Å². The van der Waals surface area contributed by atoms with Crippen LogP contribution in [-0.4, -0.2) is 23.1 Å². The molecule has 0 aliphatic carbocycles. The number of thiophene rings is 1. The zero-order valence-corrected chi connectivity index (χ0v) is 12.9. The summed E-state index contributed by atoms with van der Waals surface area (Å²) in [7, 11) is 0. The van der Waals surface area contributed by atoms with Gasteiger partial charge in [0.25, 0.3) is 0 Å². The lowest BCUT2D eigenvalue weighted by Gasteiger charge is -2.30. The molecule has 0 radical (unpaired) electrons. The quantitative estimate of drug-likeness (QED) is 0.861. The van der Waals surface area contributed by atoms with Crippen molar-refractivity contribution in [2.75, 3.05) is 6.54 Å². The normalized spacial score (nSPS) is 15.3. The zero-order valence-electron chi connectivity index (χ0n) is 12.1. The molecule has 0 aromatic carbocycles. The number of carbonyl (C=O) groups is 1. The number of carbonyl (C=O) groups excluding carboxylic acids is 1. The van der Waals surface area contributed by atoms with E-state index < -0.39 is 5.60 Å². The van der Waals surface area contributed by atoms with Gasteiger partial charge in [-0.25, -0.2) is 4.79 Å². The summed E-state index contributed by atoms with van der Waals surface area (Å²) in [5.74, 6) is 0. The number of hydrogen-bond acceptors (Lipinski definition) is 4. The molecule has 2 heterocycles. The minimum Gasteiger partial charge on any atom is -0.444 e. The van der Waals surface area contributed by atoms with Crippen LogP contribution in [0, 0.1) is 6.92 Å². The Morgan fingerprint density at radius 3 is 2.74 bits per heavy atom. The first-order valence-corrected chi connectivity index (χ1v) is 7.41. The van der Waals surface area contributed by atoms with E-state index in [1.165, 1.54) is 20.9 Å². The van der Waals surface area contributed by atoms with Gasteiger partial charge in [0.15, 0.2) is 0 Å². The predicted octanol–water partition coefficient (Wildman–Crippen LogP) is 2.81. The summed E-state index contributed by atoms with van der Waals surface area (Å²) in [4.78, 5) is 16.4. The Balaban J connectivity index is 2.12. The molecule has 19 heavy (non-hydrogen) atoms. The molecule has 0 bridgehead atoms. The van der Waals surface area contributed by atoms with E-state index in [-0.39, 0.29) is 6.09 Å². The van der Waals surface area contributed by atoms with Crippen molar-refractivity contribution in [3.8, 4) is 0 Å². The lowest BCUT2D eigenvalue weighted by atomic mass is 10.0. The van der Waals surface area contributed by atoms with Gasteiger partial charge in [-0.05, 0) is 45.2 Å². The van der Waals surface area contributed by atoms with Gasteiger partial charge in [-0.2, -0.15) is 0 Å². The maximum Gasteiger partial charge on any atom is 0.410 e. The van der Waals surface area contributed by atoms with E-state index in [2.05, 4.69) is 6.92 Å². The summed E-state index contributed by atoms with van der Waals surface area (Å²) < 4.78 is 5.42. The average Bonchev–Trinajstić information content (AvgIpc) is 2.60. The number of fused-ring (bicyclic) bond motifs is 1. The van der Waals surface area contributed by atoms with Crippen molar-refractivity contribution in [1.82, 2.24) is 4.90 Å². The molecular weight excluding hydrogens is 260 g/mol. The lowest BCUT2D eigenvalue weighted by molar-refractivity contribution is 0.0226. The predicted molar refractivity (Wildman–Crippen MR) is 77.3 cm³/mol.